The van der Waals surface area contributed by atoms with Gasteiger partial charge >= 0.3 is 12.1 Å². The third kappa shape index (κ3) is 7.23. The molecular weight excluding hydrogens is 347 g/mol. The van der Waals surface area contributed by atoms with Crippen LogP contribution in [0.4, 0.5) is 18.9 Å². The normalized spacial score (nSPS) is 11.5. The van der Waals surface area contributed by atoms with Crippen molar-refractivity contribution in [1.82, 2.24) is 0 Å². The SMILES string of the molecule is CCOC(=O)CCCCCCN(CC)c1ccc(C(F)(F)F)cc1CO. The van der Waals surface area contributed by atoms with Crippen molar-refractivity contribution in [1.29, 1.82) is 0 Å². The summed E-state index contributed by atoms with van der Waals surface area (Å²) < 4.78 is 43.3. The maximum absolute atomic E-state index is 12.8. The van der Waals surface area contributed by atoms with Crippen LogP contribution in [-0.4, -0.2) is 30.8 Å². The van der Waals surface area contributed by atoms with Crippen LogP contribution in [0.25, 0.3) is 0 Å². The second kappa shape index (κ2) is 11.1. The van der Waals surface area contributed by atoms with Gasteiger partial charge in [0.05, 0.1) is 18.8 Å². The molecule has 0 bridgehead atoms. The summed E-state index contributed by atoms with van der Waals surface area (Å²) in [5, 5.41) is 9.45. The van der Waals surface area contributed by atoms with Crippen LogP contribution in [0.5, 0.6) is 0 Å². The highest BCUT2D eigenvalue weighted by atomic mass is 19.4. The van der Waals surface area contributed by atoms with Gasteiger partial charge in [0.15, 0.2) is 0 Å². The van der Waals surface area contributed by atoms with E-state index in [0.717, 1.165) is 37.8 Å². The zero-order chi connectivity index (χ0) is 19.6. The van der Waals surface area contributed by atoms with Crippen LogP contribution in [-0.2, 0) is 22.3 Å². The summed E-state index contributed by atoms with van der Waals surface area (Å²) in [6.07, 6.45) is -0.547. The fraction of sp³-hybridized carbons (Fsp3) is 0.632. The van der Waals surface area contributed by atoms with E-state index in [0.29, 0.717) is 31.8 Å². The summed E-state index contributed by atoms with van der Waals surface area (Å²) in [5.41, 5.74) is 0.166. The second-order valence-corrected chi connectivity index (χ2v) is 6.05. The van der Waals surface area contributed by atoms with Crippen LogP contribution in [0, 0.1) is 0 Å². The van der Waals surface area contributed by atoms with Gasteiger partial charge in [-0.2, -0.15) is 13.2 Å². The van der Waals surface area contributed by atoms with Crippen LogP contribution in [0.2, 0.25) is 0 Å². The van der Waals surface area contributed by atoms with Crippen LogP contribution in [0.1, 0.15) is 57.1 Å². The Labute approximate surface area is 153 Å². The molecule has 0 unspecified atom stereocenters. The first-order chi connectivity index (χ1) is 12.3. The predicted molar refractivity (Wildman–Crippen MR) is 95.0 cm³/mol. The molecule has 4 nitrogen and oxygen atoms in total. The molecule has 0 saturated carbocycles. The predicted octanol–water partition coefficient (Wildman–Crippen LogP) is 4.54. The van der Waals surface area contributed by atoms with Crippen molar-refractivity contribution in [3.8, 4) is 0 Å². The number of esters is 1. The van der Waals surface area contributed by atoms with Gasteiger partial charge in [-0.25, -0.2) is 0 Å². The fourth-order valence-corrected chi connectivity index (χ4v) is 2.80. The number of ether oxygens (including phenoxy) is 1. The quantitative estimate of drug-likeness (QED) is 0.456. The molecule has 0 spiro atoms. The number of halogens is 3. The largest absolute Gasteiger partial charge is 0.466 e. The van der Waals surface area contributed by atoms with Crippen LogP contribution in [0.15, 0.2) is 18.2 Å². The maximum atomic E-state index is 12.8. The summed E-state index contributed by atoms with van der Waals surface area (Å²) in [6.45, 7) is 4.99. The highest BCUT2D eigenvalue weighted by Crippen LogP contribution is 2.33. The standard InChI is InChI=1S/C19H28F3NO3/c1-3-23(12-8-6-5-7-9-18(25)26-4-2)17-11-10-16(19(20,21)22)13-15(17)14-24/h10-11,13,24H,3-9,12,14H2,1-2H3. The van der Waals surface area contributed by atoms with E-state index in [1.54, 1.807) is 6.92 Å². The van der Waals surface area contributed by atoms with Gasteiger partial charge < -0.3 is 14.7 Å². The molecule has 0 saturated heterocycles. The molecule has 1 aromatic carbocycles. The fourth-order valence-electron chi connectivity index (χ4n) is 2.80. The van der Waals surface area contributed by atoms with E-state index in [1.807, 2.05) is 11.8 Å². The molecule has 0 aliphatic heterocycles. The van der Waals surface area contributed by atoms with E-state index in [2.05, 4.69) is 0 Å². The van der Waals surface area contributed by atoms with Crippen molar-refractivity contribution in [2.45, 2.75) is 58.7 Å². The Morgan fingerprint density at radius 3 is 2.42 bits per heavy atom. The molecule has 1 N–H and O–H groups in total. The Kier molecular flexibility index (Phi) is 9.48. The maximum Gasteiger partial charge on any atom is 0.416 e. The number of anilines is 1. The first kappa shape index (κ1) is 22.3. The number of aliphatic hydroxyl groups excluding tert-OH is 1. The van der Waals surface area contributed by atoms with Crippen LogP contribution >= 0.6 is 0 Å². The minimum atomic E-state index is -4.42. The summed E-state index contributed by atoms with van der Waals surface area (Å²) in [7, 11) is 0. The van der Waals surface area contributed by atoms with E-state index in [-0.39, 0.29) is 11.5 Å². The third-order valence-corrected chi connectivity index (χ3v) is 4.16. The van der Waals surface area contributed by atoms with Crippen molar-refractivity contribution in [3.05, 3.63) is 29.3 Å². The highest BCUT2D eigenvalue weighted by Gasteiger charge is 2.31. The number of nitrogens with zero attached hydrogens (tertiary/aromatic N) is 1. The lowest BCUT2D eigenvalue weighted by atomic mass is 10.1. The number of carbonyl (C=O) groups excluding carboxylic acids is 1. The van der Waals surface area contributed by atoms with E-state index in [1.165, 1.54) is 6.07 Å². The van der Waals surface area contributed by atoms with Gasteiger partial charge in [-0.15, -0.1) is 0 Å². The number of alkyl halides is 3. The van der Waals surface area contributed by atoms with Gasteiger partial charge in [0, 0.05) is 30.8 Å². The van der Waals surface area contributed by atoms with Crippen LogP contribution < -0.4 is 4.90 Å². The lowest BCUT2D eigenvalue weighted by molar-refractivity contribution is -0.143. The molecule has 0 aromatic heterocycles. The lowest BCUT2D eigenvalue weighted by Gasteiger charge is -2.26. The average molecular weight is 375 g/mol. The van der Waals surface area contributed by atoms with Gasteiger partial charge in [0.2, 0.25) is 0 Å². The molecule has 0 fully saturated rings. The van der Waals surface area contributed by atoms with E-state index >= 15 is 0 Å². The first-order valence-electron chi connectivity index (χ1n) is 9.05. The van der Waals surface area contributed by atoms with Gasteiger partial charge in [0.25, 0.3) is 0 Å². The Morgan fingerprint density at radius 1 is 1.15 bits per heavy atom. The third-order valence-electron chi connectivity index (χ3n) is 4.16. The minimum absolute atomic E-state index is 0.181. The Bertz CT molecular complexity index is 561. The molecule has 1 aromatic rings. The van der Waals surface area contributed by atoms with Gasteiger partial charge in [0.1, 0.15) is 0 Å². The van der Waals surface area contributed by atoms with E-state index in [4.69, 9.17) is 4.74 Å². The second-order valence-electron chi connectivity index (χ2n) is 6.05. The Morgan fingerprint density at radius 2 is 1.85 bits per heavy atom. The molecule has 0 aliphatic rings. The van der Waals surface area contributed by atoms with Gasteiger partial charge in [-0.3, -0.25) is 4.79 Å². The summed E-state index contributed by atoms with van der Waals surface area (Å²) in [4.78, 5) is 13.2. The van der Waals surface area contributed by atoms with E-state index in [9.17, 15) is 23.1 Å². The summed E-state index contributed by atoms with van der Waals surface area (Å²) in [6, 6.07) is 3.49. The van der Waals surface area contributed by atoms with Crippen LogP contribution in [0.3, 0.4) is 0 Å². The van der Waals surface area contributed by atoms with Crippen molar-refractivity contribution in [3.63, 3.8) is 0 Å². The van der Waals surface area contributed by atoms with Crippen molar-refractivity contribution in [2.24, 2.45) is 0 Å². The zero-order valence-electron chi connectivity index (χ0n) is 15.4. The lowest BCUT2D eigenvalue weighted by Crippen LogP contribution is -2.25. The molecule has 0 amide bonds. The number of aliphatic hydroxyl groups is 1. The first-order valence-corrected chi connectivity index (χ1v) is 9.05. The molecule has 0 aliphatic carbocycles. The Balaban J connectivity index is 2.54. The van der Waals surface area contributed by atoms with Crippen molar-refractivity contribution < 1.29 is 27.8 Å². The number of hydrogen-bond donors (Lipinski definition) is 1. The number of benzene rings is 1. The monoisotopic (exact) mass is 375 g/mol. The van der Waals surface area contributed by atoms with Crippen molar-refractivity contribution in [2.75, 3.05) is 24.6 Å². The minimum Gasteiger partial charge on any atom is -0.466 e. The molecular formula is C19H28F3NO3. The van der Waals surface area contributed by atoms with Gasteiger partial charge in [-0.1, -0.05) is 12.8 Å². The highest BCUT2D eigenvalue weighted by molar-refractivity contribution is 5.69. The van der Waals surface area contributed by atoms with E-state index < -0.39 is 18.3 Å². The van der Waals surface area contributed by atoms with Gasteiger partial charge in [-0.05, 0) is 44.9 Å². The molecule has 148 valence electrons. The topological polar surface area (TPSA) is 49.8 Å². The molecule has 0 atom stereocenters. The molecule has 1 rings (SSSR count). The Hall–Kier alpha value is -1.76. The number of carbonyl (C=O) groups is 1. The zero-order valence-corrected chi connectivity index (χ0v) is 15.4. The smallest absolute Gasteiger partial charge is 0.416 e. The molecule has 0 heterocycles. The summed E-state index contributed by atoms with van der Waals surface area (Å²) >= 11 is 0. The molecule has 7 heteroatoms. The summed E-state index contributed by atoms with van der Waals surface area (Å²) in [5.74, 6) is -0.181. The number of hydrogen-bond acceptors (Lipinski definition) is 4. The molecule has 26 heavy (non-hydrogen) atoms. The average Bonchev–Trinajstić information content (AvgIpc) is 2.60. The number of unbranched alkanes of at least 4 members (excludes halogenated alkanes) is 3. The molecule has 0 radical (unpaired) electrons. The number of rotatable bonds is 11. The van der Waals surface area contributed by atoms with Crippen molar-refractivity contribution >= 4 is 11.7 Å².